The van der Waals surface area contributed by atoms with Crippen LogP contribution in [0.25, 0.3) is 0 Å². The molecule has 2 N–H and O–H groups in total. The highest BCUT2D eigenvalue weighted by molar-refractivity contribution is 7.89. The standard InChI is InChI=1S/C14H29NO4S/c1-11(2)8-12(9-13(16)17)10-15-20(18,19)7-6-14(3,4)5/h11-12,15H,6-10H2,1-5H3,(H,16,17)/t12-/m0/s1. The van der Waals surface area contributed by atoms with Crippen LogP contribution in [0.15, 0.2) is 0 Å². The Morgan fingerprint density at radius 1 is 1.25 bits per heavy atom. The zero-order valence-electron chi connectivity index (χ0n) is 13.3. The average molecular weight is 307 g/mol. The SMILES string of the molecule is CC(C)C[C@H](CNS(=O)(=O)CCC(C)(C)C)CC(=O)O. The van der Waals surface area contributed by atoms with Crippen LogP contribution in [0.3, 0.4) is 0 Å². The molecule has 0 amide bonds. The summed E-state index contributed by atoms with van der Waals surface area (Å²) in [6, 6.07) is 0. The normalized spacial score (nSPS) is 14.5. The second-order valence-corrected chi connectivity index (χ2v) is 9.00. The van der Waals surface area contributed by atoms with E-state index in [1.165, 1.54) is 0 Å². The van der Waals surface area contributed by atoms with Crippen LogP contribution in [-0.4, -0.2) is 31.8 Å². The van der Waals surface area contributed by atoms with E-state index >= 15 is 0 Å². The lowest BCUT2D eigenvalue weighted by Gasteiger charge is -2.20. The predicted molar refractivity (Wildman–Crippen MR) is 81.1 cm³/mol. The molecule has 0 saturated carbocycles. The first kappa shape index (κ1) is 19.4. The fourth-order valence-corrected chi connectivity index (χ4v) is 3.43. The lowest BCUT2D eigenvalue weighted by atomic mass is 9.94. The van der Waals surface area contributed by atoms with Gasteiger partial charge in [-0.3, -0.25) is 4.79 Å². The highest BCUT2D eigenvalue weighted by Gasteiger charge is 2.20. The number of rotatable bonds is 9. The van der Waals surface area contributed by atoms with Crippen molar-refractivity contribution in [1.29, 1.82) is 0 Å². The summed E-state index contributed by atoms with van der Waals surface area (Å²) in [6.07, 6.45) is 1.28. The van der Waals surface area contributed by atoms with Crippen molar-refractivity contribution in [3.05, 3.63) is 0 Å². The number of nitrogens with one attached hydrogen (secondary N) is 1. The molecule has 0 bridgehead atoms. The quantitative estimate of drug-likeness (QED) is 0.685. The van der Waals surface area contributed by atoms with Gasteiger partial charge in [0, 0.05) is 13.0 Å². The maximum absolute atomic E-state index is 11.9. The van der Waals surface area contributed by atoms with E-state index in [4.69, 9.17) is 5.11 Å². The van der Waals surface area contributed by atoms with E-state index in [9.17, 15) is 13.2 Å². The van der Waals surface area contributed by atoms with Gasteiger partial charge in [0.15, 0.2) is 0 Å². The molecular formula is C14H29NO4S. The summed E-state index contributed by atoms with van der Waals surface area (Å²) in [5.74, 6) is -0.613. The third-order valence-corrected chi connectivity index (χ3v) is 4.33. The van der Waals surface area contributed by atoms with Crippen LogP contribution >= 0.6 is 0 Å². The summed E-state index contributed by atoms with van der Waals surface area (Å²) < 4.78 is 26.3. The molecule has 0 spiro atoms. The molecule has 0 fully saturated rings. The molecule has 5 nitrogen and oxygen atoms in total. The molecule has 0 unspecified atom stereocenters. The second kappa shape index (κ2) is 7.98. The largest absolute Gasteiger partial charge is 0.481 e. The van der Waals surface area contributed by atoms with E-state index in [1.807, 2.05) is 34.6 Å². The van der Waals surface area contributed by atoms with Gasteiger partial charge in [0.05, 0.1) is 5.75 Å². The summed E-state index contributed by atoms with van der Waals surface area (Å²) in [4.78, 5) is 10.8. The molecule has 0 aromatic rings. The zero-order chi connectivity index (χ0) is 16.0. The first-order chi connectivity index (χ1) is 8.91. The van der Waals surface area contributed by atoms with Gasteiger partial charge in [-0.05, 0) is 30.1 Å². The molecule has 0 heterocycles. The topological polar surface area (TPSA) is 83.5 Å². The van der Waals surface area contributed by atoms with E-state index in [2.05, 4.69) is 4.72 Å². The molecule has 0 aromatic heterocycles. The van der Waals surface area contributed by atoms with Crippen LogP contribution in [0.4, 0.5) is 0 Å². The number of carbonyl (C=O) groups is 1. The summed E-state index contributed by atoms with van der Waals surface area (Å²) in [5, 5.41) is 8.86. The molecule has 1 atom stereocenters. The number of hydrogen-bond acceptors (Lipinski definition) is 3. The highest BCUT2D eigenvalue weighted by Crippen LogP contribution is 2.19. The zero-order valence-corrected chi connectivity index (χ0v) is 14.1. The Bertz CT molecular complexity index is 396. The number of carboxylic acids is 1. The van der Waals surface area contributed by atoms with Crippen molar-refractivity contribution >= 4 is 16.0 Å². The van der Waals surface area contributed by atoms with Crippen molar-refractivity contribution in [1.82, 2.24) is 4.72 Å². The van der Waals surface area contributed by atoms with Crippen LogP contribution in [0.1, 0.15) is 53.9 Å². The number of carboxylic acid groups (broad SMARTS) is 1. The molecule has 0 aliphatic rings. The average Bonchev–Trinajstić information content (AvgIpc) is 2.21. The van der Waals surface area contributed by atoms with E-state index < -0.39 is 16.0 Å². The Kier molecular flexibility index (Phi) is 7.73. The van der Waals surface area contributed by atoms with Crippen LogP contribution in [0.2, 0.25) is 0 Å². The van der Waals surface area contributed by atoms with Crippen molar-refractivity contribution in [3.8, 4) is 0 Å². The minimum absolute atomic E-state index is 0.0000289. The van der Waals surface area contributed by atoms with Gasteiger partial charge >= 0.3 is 5.97 Å². The smallest absolute Gasteiger partial charge is 0.303 e. The van der Waals surface area contributed by atoms with Gasteiger partial charge in [0.1, 0.15) is 0 Å². The van der Waals surface area contributed by atoms with E-state index in [1.54, 1.807) is 0 Å². The van der Waals surface area contributed by atoms with E-state index in [0.717, 1.165) is 0 Å². The summed E-state index contributed by atoms with van der Waals surface area (Å²) in [6.45, 7) is 10.2. The minimum Gasteiger partial charge on any atom is -0.481 e. The van der Waals surface area contributed by atoms with Crippen molar-refractivity contribution in [2.45, 2.75) is 53.9 Å². The van der Waals surface area contributed by atoms with Crippen LogP contribution < -0.4 is 4.72 Å². The van der Waals surface area contributed by atoms with E-state index in [-0.39, 0.29) is 30.1 Å². The summed E-state index contributed by atoms with van der Waals surface area (Å²) in [7, 11) is -3.32. The molecule has 0 saturated heterocycles. The Labute approximate surface area is 123 Å². The van der Waals surface area contributed by atoms with Gasteiger partial charge in [-0.15, -0.1) is 0 Å². The monoisotopic (exact) mass is 307 g/mol. The van der Waals surface area contributed by atoms with Crippen molar-refractivity contribution < 1.29 is 18.3 Å². The third kappa shape index (κ3) is 11.2. The van der Waals surface area contributed by atoms with Gasteiger partial charge in [0.25, 0.3) is 0 Å². The Hall–Kier alpha value is -0.620. The molecule has 0 aliphatic heterocycles. The Balaban J connectivity index is 4.40. The van der Waals surface area contributed by atoms with Gasteiger partial charge < -0.3 is 5.11 Å². The third-order valence-electron chi connectivity index (χ3n) is 2.98. The predicted octanol–water partition coefficient (Wildman–Crippen LogP) is 2.48. The fourth-order valence-electron chi connectivity index (χ4n) is 1.91. The number of aliphatic carboxylic acids is 1. The molecular weight excluding hydrogens is 278 g/mol. The molecule has 0 aliphatic carbocycles. The maximum Gasteiger partial charge on any atom is 0.303 e. The molecule has 120 valence electrons. The fraction of sp³-hybridized carbons (Fsp3) is 0.929. The molecule has 0 aromatic carbocycles. The second-order valence-electron chi connectivity index (χ2n) is 7.07. The van der Waals surface area contributed by atoms with Crippen molar-refractivity contribution in [3.63, 3.8) is 0 Å². The maximum atomic E-state index is 11.9. The van der Waals surface area contributed by atoms with Gasteiger partial charge in [-0.1, -0.05) is 34.6 Å². The first-order valence-corrected chi connectivity index (χ1v) is 8.75. The molecule has 6 heteroatoms. The van der Waals surface area contributed by atoms with Gasteiger partial charge in [-0.2, -0.15) is 0 Å². The minimum atomic E-state index is -3.32. The Morgan fingerprint density at radius 3 is 2.20 bits per heavy atom. The Morgan fingerprint density at radius 2 is 1.80 bits per heavy atom. The lowest BCUT2D eigenvalue weighted by molar-refractivity contribution is -0.138. The van der Waals surface area contributed by atoms with Crippen molar-refractivity contribution in [2.75, 3.05) is 12.3 Å². The van der Waals surface area contributed by atoms with Gasteiger partial charge in [0.2, 0.25) is 10.0 Å². The summed E-state index contributed by atoms with van der Waals surface area (Å²) >= 11 is 0. The van der Waals surface area contributed by atoms with E-state index in [0.29, 0.717) is 18.8 Å². The molecule has 0 radical (unpaired) electrons. The molecule has 0 rings (SSSR count). The van der Waals surface area contributed by atoms with Crippen LogP contribution in [0, 0.1) is 17.3 Å². The van der Waals surface area contributed by atoms with Crippen LogP contribution in [0.5, 0.6) is 0 Å². The number of sulfonamides is 1. The van der Waals surface area contributed by atoms with Crippen LogP contribution in [-0.2, 0) is 14.8 Å². The van der Waals surface area contributed by atoms with Crippen molar-refractivity contribution in [2.24, 2.45) is 17.3 Å². The highest BCUT2D eigenvalue weighted by atomic mass is 32.2. The lowest BCUT2D eigenvalue weighted by Crippen LogP contribution is -2.33. The summed E-state index contributed by atoms with van der Waals surface area (Å²) in [5.41, 5.74) is -0.0346. The van der Waals surface area contributed by atoms with Gasteiger partial charge in [-0.25, -0.2) is 13.1 Å². The first-order valence-electron chi connectivity index (χ1n) is 7.10. The number of hydrogen-bond donors (Lipinski definition) is 2. The molecule has 20 heavy (non-hydrogen) atoms.